The fourth-order valence-electron chi connectivity index (χ4n) is 1.69. The van der Waals surface area contributed by atoms with Crippen LogP contribution in [0.15, 0.2) is 24.3 Å². The molecule has 1 rings (SSSR count). The van der Waals surface area contributed by atoms with Gasteiger partial charge in [0.15, 0.2) is 0 Å². The fraction of sp³-hybridized carbons (Fsp3) is 0.467. The molecule has 0 bridgehead atoms. The molecule has 0 saturated carbocycles. The number of benzene rings is 1. The van der Waals surface area contributed by atoms with Crippen molar-refractivity contribution in [1.29, 1.82) is 0 Å². The molecule has 2 unspecified atom stereocenters. The van der Waals surface area contributed by atoms with Crippen LogP contribution in [0.1, 0.15) is 25.8 Å². The zero-order valence-electron chi connectivity index (χ0n) is 12.5. The lowest BCUT2D eigenvalue weighted by Gasteiger charge is -2.17. The number of carbonyl (C=O) groups excluding carboxylic acids is 1. The normalized spacial score (nSPS) is 13.3. The number of hydrogen-bond acceptors (Lipinski definition) is 4. The summed E-state index contributed by atoms with van der Waals surface area (Å²) in [6.45, 7) is 3.53. The molecule has 0 aliphatic heterocycles. The molecule has 0 heterocycles. The van der Waals surface area contributed by atoms with Crippen LogP contribution in [0.3, 0.4) is 0 Å². The molecule has 1 amide bonds. The quantitative estimate of drug-likeness (QED) is 0.760. The van der Waals surface area contributed by atoms with Gasteiger partial charge >= 0.3 is 5.97 Å². The molecule has 6 heteroatoms. The van der Waals surface area contributed by atoms with Crippen molar-refractivity contribution in [3.8, 4) is 5.75 Å². The molecule has 0 aromatic heterocycles. The predicted octanol–water partition coefficient (Wildman–Crippen LogP) is 1.58. The highest BCUT2D eigenvalue weighted by atomic mass is 16.5. The molecule has 0 radical (unpaired) electrons. The Morgan fingerprint density at radius 3 is 2.67 bits per heavy atom. The van der Waals surface area contributed by atoms with E-state index < -0.39 is 24.0 Å². The monoisotopic (exact) mass is 295 g/mol. The van der Waals surface area contributed by atoms with Crippen LogP contribution < -0.4 is 10.1 Å². The maximum atomic E-state index is 11.8. The fourth-order valence-corrected chi connectivity index (χ4v) is 1.69. The topological polar surface area (TPSA) is 84.9 Å². The number of carboxylic acids is 1. The van der Waals surface area contributed by atoms with Crippen molar-refractivity contribution in [1.82, 2.24) is 5.32 Å². The Balaban J connectivity index is 2.50. The number of amides is 1. The summed E-state index contributed by atoms with van der Waals surface area (Å²) in [5.74, 6) is -0.775. The number of methoxy groups -OCH3 is 1. The highest BCUT2D eigenvalue weighted by molar-refractivity contribution is 5.85. The summed E-state index contributed by atoms with van der Waals surface area (Å²) in [5, 5.41) is 11.3. The van der Waals surface area contributed by atoms with Gasteiger partial charge in [-0.05, 0) is 31.0 Å². The first-order valence-electron chi connectivity index (χ1n) is 6.75. The highest BCUT2D eigenvalue weighted by Crippen LogP contribution is 2.13. The van der Waals surface area contributed by atoms with E-state index in [1.807, 2.05) is 24.3 Å². The Kier molecular flexibility index (Phi) is 6.68. The maximum absolute atomic E-state index is 11.8. The van der Waals surface area contributed by atoms with Gasteiger partial charge in [-0.2, -0.15) is 0 Å². The van der Waals surface area contributed by atoms with Gasteiger partial charge in [0, 0.05) is 0 Å². The molecule has 0 fully saturated rings. The van der Waals surface area contributed by atoms with Crippen molar-refractivity contribution in [2.75, 3.05) is 7.11 Å². The molecule has 1 aromatic rings. The average molecular weight is 295 g/mol. The largest absolute Gasteiger partial charge is 0.497 e. The Morgan fingerprint density at radius 2 is 2.10 bits per heavy atom. The van der Waals surface area contributed by atoms with Crippen LogP contribution in [0.4, 0.5) is 0 Å². The van der Waals surface area contributed by atoms with Gasteiger partial charge in [-0.15, -0.1) is 0 Å². The van der Waals surface area contributed by atoms with E-state index in [-0.39, 0.29) is 6.61 Å². The van der Waals surface area contributed by atoms with E-state index in [2.05, 4.69) is 5.32 Å². The summed E-state index contributed by atoms with van der Waals surface area (Å²) in [6.07, 6.45) is -0.409. The number of carbonyl (C=O) groups is 2. The number of aliphatic carboxylic acids is 1. The average Bonchev–Trinajstić information content (AvgIpc) is 2.49. The van der Waals surface area contributed by atoms with Crippen molar-refractivity contribution in [3.63, 3.8) is 0 Å². The summed E-state index contributed by atoms with van der Waals surface area (Å²) in [4.78, 5) is 22.7. The lowest BCUT2D eigenvalue weighted by atomic mass is 10.2. The van der Waals surface area contributed by atoms with Crippen molar-refractivity contribution >= 4 is 11.9 Å². The van der Waals surface area contributed by atoms with Crippen molar-refractivity contribution in [2.45, 2.75) is 39.0 Å². The van der Waals surface area contributed by atoms with E-state index >= 15 is 0 Å². The van der Waals surface area contributed by atoms with E-state index in [0.29, 0.717) is 12.2 Å². The molecule has 0 saturated heterocycles. The standard InChI is InChI=1S/C15H21NO5/c1-4-13(15(18)19)16-14(17)10(2)21-9-11-6-5-7-12(8-11)20-3/h5-8,10,13H,4,9H2,1-3H3,(H,16,17)(H,18,19). The molecular formula is C15H21NO5. The Hall–Kier alpha value is -2.08. The first-order valence-corrected chi connectivity index (χ1v) is 6.75. The third-order valence-electron chi connectivity index (χ3n) is 3.03. The van der Waals surface area contributed by atoms with Gasteiger partial charge in [0.25, 0.3) is 0 Å². The second kappa shape index (κ2) is 8.26. The van der Waals surface area contributed by atoms with Crippen LogP contribution in [-0.4, -0.2) is 36.2 Å². The Labute approximate surface area is 124 Å². The van der Waals surface area contributed by atoms with Crippen molar-refractivity contribution in [2.24, 2.45) is 0 Å². The summed E-state index contributed by atoms with van der Waals surface area (Å²) in [6, 6.07) is 6.44. The van der Waals surface area contributed by atoms with E-state index in [1.54, 1.807) is 21.0 Å². The first-order chi connectivity index (χ1) is 9.97. The van der Waals surface area contributed by atoms with Crippen LogP contribution in [0.5, 0.6) is 5.75 Å². The third-order valence-corrected chi connectivity index (χ3v) is 3.03. The smallest absolute Gasteiger partial charge is 0.326 e. The molecule has 0 spiro atoms. The number of rotatable bonds is 8. The van der Waals surface area contributed by atoms with Crippen LogP contribution in [0.25, 0.3) is 0 Å². The number of ether oxygens (including phenoxy) is 2. The summed E-state index contributed by atoms with van der Waals surface area (Å²) in [7, 11) is 1.58. The molecule has 0 aliphatic rings. The summed E-state index contributed by atoms with van der Waals surface area (Å²) in [5.41, 5.74) is 0.874. The van der Waals surface area contributed by atoms with E-state index in [1.165, 1.54) is 0 Å². The van der Waals surface area contributed by atoms with Crippen LogP contribution in [0.2, 0.25) is 0 Å². The number of hydrogen-bond donors (Lipinski definition) is 2. The van der Waals surface area contributed by atoms with Gasteiger partial charge in [0.2, 0.25) is 5.91 Å². The lowest BCUT2D eigenvalue weighted by molar-refractivity contribution is -0.144. The molecule has 2 N–H and O–H groups in total. The summed E-state index contributed by atoms with van der Waals surface area (Å²) >= 11 is 0. The second-order valence-electron chi connectivity index (χ2n) is 4.61. The van der Waals surface area contributed by atoms with E-state index in [9.17, 15) is 9.59 Å². The summed E-state index contributed by atoms with van der Waals surface area (Å²) < 4.78 is 10.6. The Morgan fingerprint density at radius 1 is 1.38 bits per heavy atom. The van der Waals surface area contributed by atoms with Crippen molar-refractivity contribution < 1.29 is 24.2 Å². The van der Waals surface area contributed by atoms with E-state index in [0.717, 1.165) is 5.56 Å². The van der Waals surface area contributed by atoms with Gasteiger partial charge in [-0.3, -0.25) is 4.79 Å². The minimum absolute atomic E-state index is 0.246. The van der Waals surface area contributed by atoms with Gasteiger partial charge in [-0.25, -0.2) is 4.79 Å². The molecule has 21 heavy (non-hydrogen) atoms. The zero-order chi connectivity index (χ0) is 15.8. The first kappa shape index (κ1) is 17.0. The van der Waals surface area contributed by atoms with E-state index in [4.69, 9.17) is 14.6 Å². The molecule has 2 atom stereocenters. The highest BCUT2D eigenvalue weighted by Gasteiger charge is 2.21. The lowest BCUT2D eigenvalue weighted by Crippen LogP contribution is -2.45. The van der Waals surface area contributed by atoms with Crippen molar-refractivity contribution in [3.05, 3.63) is 29.8 Å². The zero-order valence-corrected chi connectivity index (χ0v) is 12.5. The molecular weight excluding hydrogens is 274 g/mol. The predicted molar refractivity (Wildman–Crippen MR) is 77.1 cm³/mol. The third kappa shape index (κ3) is 5.43. The second-order valence-corrected chi connectivity index (χ2v) is 4.61. The Bertz CT molecular complexity index is 489. The maximum Gasteiger partial charge on any atom is 0.326 e. The molecule has 116 valence electrons. The van der Waals surface area contributed by atoms with Gasteiger partial charge in [-0.1, -0.05) is 19.1 Å². The molecule has 6 nitrogen and oxygen atoms in total. The number of carboxylic acid groups (broad SMARTS) is 1. The van der Waals surface area contributed by atoms with Crippen LogP contribution in [-0.2, 0) is 20.9 Å². The molecule has 0 aliphatic carbocycles. The van der Waals surface area contributed by atoms with Crippen LogP contribution in [0, 0.1) is 0 Å². The van der Waals surface area contributed by atoms with Crippen LogP contribution >= 0.6 is 0 Å². The SMILES string of the molecule is CCC(NC(=O)C(C)OCc1cccc(OC)c1)C(=O)O. The van der Waals surface area contributed by atoms with Gasteiger partial charge < -0.3 is 19.9 Å². The number of nitrogens with one attached hydrogen (secondary N) is 1. The minimum atomic E-state index is -1.05. The molecule has 1 aromatic carbocycles. The minimum Gasteiger partial charge on any atom is -0.497 e. The van der Waals surface area contributed by atoms with Gasteiger partial charge in [0.05, 0.1) is 13.7 Å². The van der Waals surface area contributed by atoms with Gasteiger partial charge in [0.1, 0.15) is 17.9 Å².